The molecule has 0 saturated heterocycles. The zero-order chi connectivity index (χ0) is 13.8. The summed E-state index contributed by atoms with van der Waals surface area (Å²) >= 11 is 0. The predicted molar refractivity (Wildman–Crippen MR) is 68.6 cm³/mol. The zero-order valence-corrected chi connectivity index (χ0v) is 10.7. The minimum Gasteiger partial charge on any atom is -0.444 e. The van der Waals surface area contributed by atoms with Crippen LogP contribution in [0.15, 0.2) is 31.0 Å². The summed E-state index contributed by atoms with van der Waals surface area (Å²) in [6.45, 7) is 8.65. The summed E-state index contributed by atoms with van der Waals surface area (Å²) in [5.74, 6) is -0.360. The number of ketones is 1. The number of anilines is 1. The van der Waals surface area contributed by atoms with Crippen LogP contribution in [-0.4, -0.2) is 22.5 Å². The number of amides is 1. The van der Waals surface area contributed by atoms with Gasteiger partial charge < -0.3 is 4.74 Å². The van der Waals surface area contributed by atoms with Gasteiger partial charge in [-0.15, -0.1) is 0 Å². The van der Waals surface area contributed by atoms with Gasteiger partial charge in [0, 0.05) is 6.20 Å². The number of ether oxygens (including phenoxy) is 1. The number of carbonyl (C=O) groups is 2. The lowest BCUT2D eigenvalue weighted by Gasteiger charge is -2.20. The molecule has 5 heteroatoms. The number of allylic oxidation sites excluding steroid dienone is 1. The maximum Gasteiger partial charge on any atom is 0.412 e. The number of carbonyl (C=O) groups excluding carboxylic acids is 2. The summed E-state index contributed by atoms with van der Waals surface area (Å²) in [5.41, 5.74) is -0.162. The molecule has 0 aliphatic heterocycles. The Morgan fingerprint density at radius 1 is 1.44 bits per heavy atom. The standard InChI is InChI=1S/C13H16N2O3/c1-5-10(16)11-9(7-6-8-14-11)15-12(17)18-13(2,3)4/h5-8H,1H2,2-4H3,(H,15,17). The molecule has 1 N–H and O–H groups in total. The van der Waals surface area contributed by atoms with E-state index < -0.39 is 11.7 Å². The first-order valence-corrected chi connectivity index (χ1v) is 5.45. The van der Waals surface area contributed by atoms with E-state index in [9.17, 15) is 9.59 Å². The number of rotatable bonds is 3. The van der Waals surface area contributed by atoms with E-state index in [0.29, 0.717) is 5.69 Å². The van der Waals surface area contributed by atoms with Gasteiger partial charge in [0.15, 0.2) is 0 Å². The van der Waals surface area contributed by atoms with Gasteiger partial charge in [-0.25, -0.2) is 4.79 Å². The first kappa shape index (κ1) is 13.9. The molecule has 0 radical (unpaired) electrons. The van der Waals surface area contributed by atoms with Crippen molar-refractivity contribution in [1.82, 2.24) is 4.98 Å². The third kappa shape index (κ3) is 4.01. The second kappa shape index (κ2) is 5.44. The van der Waals surface area contributed by atoms with Gasteiger partial charge in [0.2, 0.25) is 5.78 Å². The van der Waals surface area contributed by atoms with E-state index in [2.05, 4.69) is 16.9 Å². The van der Waals surface area contributed by atoms with Gasteiger partial charge in [0.1, 0.15) is 11.3 Å². The van der Waals surface area contributed by atoms with Crippen molar-refractivity contribution in [1.29, 1.82) is 0 Å². The van der Waals surface area contributed by atoms with E-state index in [4.69, 9.17) is 4.74 Å². The molecule has 1 aromatic rings. The molecule has 0 saturated carbocycles. The molecule has 0 aromatic carbocycles. The second-order valence-electron chi connectivity index (χ2n) is 4.59. The Morgan fingerprint density at radius 3 is 2.67 bits per heavy atom. The SMILES string of the molecule is C=CC(=O)c1ncccc1NC(=O)OC(C)(C)C. The summed E-state index contributed by atoms with van der Waals surface area (Å²) in [5, 5.41) is 2.49. The molecule has 0 aliphatic carbocycles. The van der Waals surface area contributed by atoms with Crippen molar-refractivity contribution in [2.45, 2.75) is 26.4 Å². The van der Waals surface area contributed by atoms with Gasteiger partial charge in [0.25, 0.3) is 0 Å². The summed E-state index contributed by atoms with van der Waals surface area (Å²) in [6, 6.07) is 3.19. The van der Waals surface area contributed by atoms with Crippen LogP contribution in [0.3, 0.4) is 0 Å². The van der Waals surface area contributed by atoms with Crippen LogP contribution in [0.1, 0.15) is 31.3 Å². The molecule has 1 heterocycles. The van der Waals surface area contributed by atoms with Gasteiger partial charge in [-0.05, 0) is 39.0 Å². The lowest BCUT2D eigenvalue weighted by Crippen LogP contribution is -2.27. The molecular formula is C13H16N2O3. The van der Waals surface area contributed by atoms with E-state index in [-0.39, 0.29) is 11.5 Å². The third-order valence-corrected chi connectivity index (χ3v) is 1.86. The number of hydrogen-bond donors (Lipinski definition) is 1. The smallest absolute Gasteiger partial charge is 0.412 e. The minimum atomic E-state index is -0.631. The van der Waals surface area contributed by atoms with Gasteiger partial charge in [-0.2, -0.15) is 0 Å². The Balaban J connectivity index is 2.88. The topological polar surface area (TPSA) is 68.3 Å². The first-order chi connectivity index (χ1) is 8.33. The fourth-order valence-electron chi connectivity index (χ4n) is 1.21. The van der Waals surface area contributed by atoms with E-state index in [1.54, 1.807) is 32.9 Å². The van der Waals surface area contributed by atoms with Crippen LogP contribution in [0, 0.1) is 0 Å². The molecular weight excluding hydrogens is 232 g/mol. The maximum atomic E-state index is 11.6. The Bertz CT molecular complexity index is 475. The first-order valence-electron chi connectivity index (χ1n) is 5.45. The van der Waals surface area contributed by atoms with Crippen LogP contribution in [0.5, 0.6) is 0 Å². The molecule has 0 spiro atoms. The average molecular weight is 248 g/mol. The highest BCUT2D eigenvalue weighted by atomic mass is 16.6. The van der Waals surface area contributed by atoms with E-state index in [0.717, 1.165) is 6.08 Å². The minimum absolute atomic E-state index is 0.137. The molecule has 1 aromatic heterocycles. The number of nitrogens with zero attached hydrogens (tertiary/aromatic N) is 1. The van der Waals surface area contributed by atoms with Gasteiger partial charge >= 0.3 is 6.09 Å². The summed E-state index contributed by atoms with van der Waals surface area (Å²) in [4.78, 5) is 27.0. The van der Waals surface area contributed by atoms with Crippen LogP contribution in [0.2, 0.25) is 0 Å². The van der Waals surface area contributed by atoms with Crippen molar-refractivity contribution in [3.05, 3.63) is 36.7 Å². The van der Waals surface area contributed by atoms with Crippen molar-refractivity contribution in [2.24, 2.45) is 0 Å². The van der Waals surface area contributed by atoms with Crippen molar-refractivity contribution >= 4 is 17.6 Å². The highest BCUT2D eigenvalue weighted by Gasteiger charge is 2.18. The highest BCUT2D eigenvalue weighted by molar-refractivity contribution is 6.08. The fourth-order valence-corrected chi connectivity index (χ4v) is 1.21. The molecule has 0 aliphatic rings. The molecule has 96 valence electrons. The Kier molecular flexibility index (Phi) is 4.20. The molecule has 0 atom stereocenters. The lowest BCUT2D eigenvalue weighted by molar-refractivity contribution is 0.0636. The van der Waals surface area contributed by atoms with E-state index in [1.807, 2.05) is 0 Å². The Hall–Kier alpha value is -2.17. The van der Waals surface area contributed by atoms with Crippen LogP contribution in [-0.2, 0) is 4.74 Å². The predicted octanol–water partition coefficient (Wildman–Crippen LogP) is 2.80. The number of hydrogen-bond acceptors (Lipinski definition) is 4. The largest absolute Gasteiger partial charge is 0.444 e. The van der Waals surface area contributed by atoms with Crippen molar-refractivity contribution in [2.75, 3.05) is 5.32 Å². The van der Waals surface area contributed by atoms with Crippen LogP contribution < -0.4 is 5.32 Å². The van der Waals surface area contributed by atoms with Gasteiger partial charge in [0.05, 0.1) is 5.69 Å². The fraction of sp³-hybridized carbons (Fsp3) is 0.308. The molecule has 1 amide bonds. The molecule has 1 rings (SSSR count). The third-order valence-electron chi connectivity index (χ3n) is 1.86. The monoisotopic (exact) mass is 248 g/mol. The number of pyridine rings is 1. The zero-order valence-electron chi connectivity index (χ0n) is 10.7. The highest BCUT2D eigenvalue weighted by Crippen LogP contribution is 2.15. The Morgan fingerprint density at radius 2 is 2.11 bits per heavy atom. The normalized spacial score (nSPS) is 10.6. The quantitative estimate of drug-likeness (QED) is 0.659. The molecule has 0 bridgehead atoms. The summed E-state index contributed by atoms with van der Waals surface area (Å²) < 4.78 is 5.10. The van der Waals surface area contributed by atoms with E-state index in [1.165, 1.54) is 6.20 Å². The average Bonchev–Trinajstić information content (AvgIpc) is 2.26. The lowest BCUT2D eigenvalue weighted by atomic mass is 10.2. The summed E-state index contributed by atoms with van der Waals surface area (Å²) in [6.07, 6.45) is 1.98. The molecule has 5 nitrogen and oxygen atoms in total. The van der Waals surface area contributed by atoms with Gasteiger partial charge in [-0.1, -0.05) is 6.58 Å². The van der Waals surface area contributed by atoms with Crippen molar-refractivity contribution < 1.29 is 14.3 Å². The van der Waals surface area contributed by atoms with Gasteiger partial charge in [-0.3, -0.25) is 15.1 Å². The Labute approximate surface area is 106 Å². The second-order valence-corrected chi connectivity index (χ2v) is 4.59. The molecule has 0 fully saturated rings. The molecule has 18 heavy (non-hydrogen) atoms. The van der Waals surface area contributed by atoms with Crippen LogP contribution in [0.25, 0.3) is 0 Å². The summed E-state index contributed by atoms with van der Waals surface area (Å²) in [7, 11) is 0. The van der Waals surface area contributed by atoms with E-state index >= 15 is 0 Å². The maximum absolute atomic E-state index is 11.6. The van der Waals surface area contributed by atoms with Crippen molar-refractivity contribution in [3.8, 4) is 0 Å². The molecule has 0 unspecified atom stereocenters. The van der Waals surface area contributed by atoms with Crippen LogP contribution >= 0.6 is 0 Å². The van der Waals surface area contributed by atoms with Crippen LogP contribution in [0.4, 0.5) is 10.5 Å². The number of nitrogens with one attached hydrogen (secondary N) is 1. The van der Waals surface area contributed by atoms with Crippen molar-refractivity contribution in [3.63, 3.8) is 0 Å². The number of aromatic nitrogens is 1.